The number of aromatic nitrogens is 5. The van der Waals surface area contributed by atoms with Gasteiger partial charge in [-0.2, -0.15) is 0 Å². The Balaban J connectivity index is 1.35. The molecule has 0 radical (unpaired) electrons. The van der Waals surface area contributed by atoms with Gasteiger partial charge in [0.15, 0.2) is 0 Å². The van der Waals surface area contributed by atoms with Gasteiger partial charge in [0.05, 0.1) is 17.5 Å². The molecule has 1 saturated carbocycles. The smallest absolute Gasteiger partial charge is 0.257 e. The summed E-state index contributed by atoms with van der Waals surface area (Å²) < 4.78 is 8.19. The molecule has 1 atom stereocenters. The van der Waals surface area contributed by atoms with Crippen LogP contribution in [0, 0.1) is 0 Å². The molecule has 8 heteroatoms. The maximum atomic E-state index is 5.89. The number of nitrogens with zero attached hydrogens (tertiary/aromatic N) is 6. The summed E-state index contributed by atoms with van der Waals surface area (Å²) in [5, 5.41) is 19.2. The van der Waals surface area contributed by atoms with Crippen LogP contribution in [-0.4, -0.2) is 36.4 Å². The lowest BCUT2D eigenvalue weighted by Gasteiger charge is -2.30. The van der Waals surface area contributed by atoms with Crippen molar-refractivity contribution in [2.75, 3.05) is 6.54 Å². The van der Waals surface area contributed by atoms with Gasteiger partial charge in [-0.25, -0.2) is 0 Å². The standard InChI is InChI=1S/C16H18N6OS/c1-10(15-19-20-16(23-15)12-3-2-8-24-12)21-6-7-22-13(9-21)17-18-14(22)11-4-5-11/h2-3,8,10-11H,4-7,9H2,1H3/t10-/m1/s1. The normalized spacial score (nSPS) is 19.4. The average molecular weight is 342 g/mol. The molecule has 1 aliphatic carbocycles. The van der Waals surface area contributed by atoms with Crippen LogP contribution in [0.3, 0.4) is 0 Å². The third-order valence-electron chi connectivity index (χ3n) is 4.83. The highest BCUT2D eigenvalue weighted by Gasteiger charge is 2.33. The molecule has 0 saturated heterocycles. The maximum absolute atomic E-state index is 5.89. The van der Waals surface area contributed by atoms with Crippen molar-refractivity contribution in [3.8, 4) is 10.8 Å². The van der Waals surface area contributed by atoms with Crippen LogP contribution in [0.1, 0.15) is 49.3 Å². The third kappa shape index (κ3) is 2.37. The van der Waals surface area contributed by atoms with Crippen LogP contribution in [0.2, 0.25) is 0 Å². The van der Waals surface area contributed by atoms with Crippen LogP contribution in [0.25, 0.3) is 10.8 Å². The monoisotopic (exact) mass is 342 g/mol. The topological polar surface area (TPSA) is 72.9 Å². The van der Waals surface area contributed by atoms with Crippen LogP contribution in [-0.2, 0) is 13.1 Å². The Bertz CT molecular complexity index is 850. The first kappa shape index (κ1) is 14.3. The van der Waals surface area contributed by atoms with Crippen molar-refractivity contribution in [2.24, 2.45) is 0 Å². The summed E-state index contributed by atoms with van der Waals surface area (Å²) in [4.78, 5) is 3.33. The lowest BCUT2D eigenvalue weighted by atomic mass is 10.2. The fourth-order valence-electron chi connectivity index (χ4n) is 3.23. The molecule has 5 rings (SSSR count). The second-order valence-corrected chi connectivity index (χ2v) is 7.42. The Morgan fingerprint density at radius 2 is 2.12 bits per heavy atom. The van der Waals surface area contributed by atoms with Crippen molar-refractivity contribution in [3.05, 3.63) is 35.1 Å². The quantitative estimate of drug-likeness (QED) is 0.726. The minimum Gasteiger partial charge on any atom is -0.418 e. The van der Waals surface area contributed by atoms with Gasteiger partial charge in [0, 0.05) is 19.0 Å². The van der Waals surface area contributed by atoms with Crippen molar-refractivity contribution in [2.45, 2.75) is 44.8 Å². The molecular weight excluding hydrogens is 324 g/mol. The van der Waals surface area contributed by atoms with Gasteiger partial charge in [-0.05, 0) is 31.2 Å². The highest BCUT2D eigenvalue weighted by Crippen LogP contribution is 2.40. The molecule has 0 unspecified atom stereocenters. The molecule has 3 aromatic rings. The van der Waals surface area contributed by atoms with Crippen molar-refractivity contribution in [1.29, 1.82) is 0 Å². The van der Waals surface area contributed by atoms with E-state index in [9.17, 15) is 0 Å². The van der Waals surface area contributed by atoms with Gasteiger partial charge >= 0.3 is 0 Å². The van der Waals surface area contributed by atoms with E-state index < -0.39 is 0 Å². The summed E-state index contributed by atoms with van der Waals surface area (Å²) in [7, 11) is 0. The van der Waals surface area contributed by atoms with E-state index in [1.807, 2.05) is 17.5 Å². The third-order valence-corrected chi connectivity index (χ3v) is 5.69. The van der Waals surface area contributed by atoms with E-state index in [1.165, 1.54) is 18.7 Å². The number of fused-ring (bicyclic) bond motifs is 1. The number of rotatable bonds is 4. The van der Waals surface area contributed by atoms with E-state index in [4.69, 9.17) is 4.42 Å². The highest BCUT2D eigenvalue weighted by atomic mass is 32.1. The molecule has 0 N–H and O–H groups in total. The molecule has 24 heavy (non-hydrogen) atoms. The summed E-state index contributed by atoms with van der Waals surface area (Å²) in [5.41, 5.74) is 0. The predicted molar refractivity (Wildman–Crippen MR) is 88.4 cm³/mol. The molecule has 0 amide bonds. The van der Waals surface area contributed by atoms with E-state index in [0.717, 1.165) is 30.3 Å². The summed E-state index contributed by atoms with van der Waals surface area (Å²) in [6.07, 6.45) is 2.51. The fourth-order valence-corrected chi connectivity index (χ4v) is 3.88. The van der Waals surface area contributed by atoms with Gasteiger partial charge in [0.1, 0.15) is 11.6 Å². The summed E-state index contributed by atoms with van der Waals surface area (Å²) in [6, 6.07) is 4.05. The molecule has 0 aromatic carbocycles. The molecule has 7 nitrogen and oxygen atoms in total. The second-order valence-electron chi connectivity index (χ2n) is 6.47. The Hall–Kier alpha value is -2.06. The molecule has 2 aliphatic rings. The van der Waals surface area contributed by atoms with Gasteiger partial charge in [0.2, 0.25) is 5.89 Å². The van der Waals surface area contributed by atoms with Crippen molar-refractivity contribution >= 4 is 11.3 Å². The van der Waals surface area contributed by atoms with E-state index in [0.29, 0.717) is 17.7 Å². The van der Waals surface area contributed by atoms with Gasteiger partial charge in [-0.3, -0.25) is 4.90 Å². The largest absolute Gasteiger partial charge is 0.418 e. The predicted octanol–water partition coefficient (Wildman–Crippen LogP) is 2.84. The molecule has 1 fully saturated rings. The van der Waals surface area contributed by atoms with Crippen LogP contribution >= 0.6 is 11.3 Å². The zero-order valence-electron chi connectivity index (χ0n) is 13.4. The minimum absolute atomic E-state index is 0.0704. The molecule has 4 heterocycles. The molecule has 0 bridgehead atoms. The van der Waals surface area contributed by atoms with Crippen LogP contribution < -0.4 is 0 Å². The highest BCUT2D eigenvalue weighted by molar-refractivity contribution is 7.13. The zero-order chi connectivity index (χ0) is 16.1. The van der Waals surface area contributed by atoms with Gasteiger partial charge in [-0.15, -0.1) is 31.7 Å². The van der Waals surface area contributed by atoms with E-state index >= 15 is 0 Å². The van der Waals surface area contributed by atoms with Crippen LogP contribution in [0.4, 0.5) is 0 Å². The first-order valence-corrected chi connectivity index (χ1v) is 9.21. The minimum atomic E-state index is 0.0704. The average Bonchev–Trinajstić information content (AvgIpc) is 3.06. The number of hydrogen-bond donors (Lipinski definition) is 0. The molecule has 3 aromatic heterocycles. The Morgan fingerprint density at radius 1 is 1.21 bits per heavy atom. The van der Waals surface area contributed by atoms with Gasteiger partial charge in [0.25, 0.3) is 5.89 Å². The summed E-state index contributed by atoms with van der Waals surface area (Å²) >= 11 is 1.61. The second kappa shape index (κ2) is 5.49. The first-order chi connectivity index (χ1) is 11.8. The Morgan fingerprint density at radius 3 is 2.92 bits per heavy atom. The molecule has 1 aliphatic heterocycles. The molecule has 0 spiro atoms. The van der Waals surface area contributed by atoms with Crippen molar-refractivity contribution in [3.63, 3.8) is 0 Å². The van der Waals surface area contributed by atoms with Gasteiger partial charge < -0.3 is 8.98 Å². The van der Waals surface area contributed by atoms with Crippen LogP contribution in [0.5, 0.6) is 0 Å². The lowest BCUT2D eigenvalue weighted by molar-refractivity contribution is 0.142. The number of thiophene rings is 1. The zero-order valence-corrected chi connectivity index (χ0v) is 14.2. The van der Waals surface area contributed by atoms with Crippen molar-refractivity contribution in [1.82, 2.24) is 29.9 Å². The first-order valence-electron chi connectivity index (χ1n) is 8.33. The van der Waals surface area contributed by atoms with E-state index in [1.54, 1.807) is 11.3 Å². The number of hydrogen-bond acceptors (Lipinski definition) is 7. The summed E-state index contributed by atoms with van der Waals surface area (Å²) in [5.74, 6) is 4.12. The maximum Gasteiger partial charge on any atom is 0.257 e. The SMILES string of the molecule is C[C@H](c1nnc(-c2cccs2)o1)N1CCn2c(nnc2C2CC2)C1. The molecular formula is C16H18N6OS. The summed E-state index contributed by atoms with van der Waals surface area (Å²) in [6.45, 7) is 4.77. The van der Waals surface area contributed by atoms with Crippen molar-refractivity contribution < 1.29 is 4.42 Å². The Labute approximate surface area is 143 Å². The van der Waals surface area contributed by atoms with Crippen LogP contribution in [0.15, 0.2) is 21.9 Å². The van der Waals surface area contributed by atoms with Gasteiger partial charge in [-0.1, -0.05) is 6.07 Å². The fraction of sp³-hybridized carbons (Fsp3) is 0.500. The van der Waals surface area contributed by atoms with E-state index in [-0.39, 0.29) is 6.04 Å². The molecule has 124 valence electrons. The lowest BCUT2D eigenvalue weighted by Crippen LogP contribution is -2.36. The van der Waals surface area contributed by atoms with E-state index in [2.05, 4.69) is 36.8 Å². The Kier molecular flexibility index (Phi) is 3.27.